The Bertz CT molecular complexity index is 938. The van der Waals surface area contributed by atoms with Crippen LogP contribution in [0.25, 0.3) is 0 Å². The number of rotatable bonds is 5. The second-order valence-corrected chi connectivity index (χ2v) is 6.99. The summed E-state index contributed by atoms with van der Waals surface area (Å²) in [5.41, 5.74) is 0.421. The zero-order valence-electron chi connectivity index (χ0n) is 15.4. The molecule has 0 spiro atoms. The van der Waals surface area contributed by atoms with Gasteiger partial charge in [0.25, 0.3) is 5.91 Å². The topological polar surface area (TPSA) is 95.3 Å². The van der Waals surface area contributed by atoms with Crippen LogP contribution in [-0.2, 0) is 14.3 Å². The first-order valence-electron chi connectivity index (χ1n) is 8.99. The molecule has 1 N–H and O–H groups in total. The molecule has 1 amide bonds. The number of anilines is 2. The van der Waals surface area contributed by atoms with E-state index in [1.807, 2.05) is 11.0 Å². The summed E-state index contributed by atoms with van der Waals surface area (Å²) in [5, 5.41) is 11.4. The van der Waals surface area contributed by atoms with E-state index >= 15 is 0 Å². The van der Waals surface area contributed by atoms with Gasteiger partial charge in [-0.1, -0.05) is 11.6 Å². The first-order chi connectivity index (χ1) is 14.0. The van der Waals surface area contributed by atoms with Gasteiger partial charge in [-0.05, 0) is 43.2 Å². The van der Waals surface area contributed by atoms with E-state index in [-0.39, 0.29) is 16.6 Å². The zero-order chi connectivity index (χ0) is 20.8. The molecule has 3 rings (SSSR count). The molecule has 1 aliphatic rings. The van der Waals surface area contributed by atoms with Crippen molar-refractivity contribution < 1.29 is 18.7 Å². The Morgan fingerprint density at radius 1 is 1.31 bits per heavy atom. The third kappa shape index (κ3) is 5.42. The second kappa shape index (κ2) is 9.34. The maximum Gasteiger partial charge on any atom is 0.309 e. The number of piperidine rings is 1. The Kier molecular flexibility index (Phi) is 6.62. The summed E-state index contributed by atoms with van der Waals surface area (Å²) in [4.78, 5) is 30.4. The fourth-order valence-electron chi connectivity index (χ4n) is 3.02. The van der Waals surface area contributed by atoms with Gasteiger partial charge in [0.1, 0.15) is 17.7 Å². The lowest BCUT2D eigenvalue weighted by atomic mass is 9.97. The SMILES string of the molecule is N#Cc1ccc(N2CCC(C(=O)OCC(=O)Nc3cc(Cl)ccc3F)CC2)nc1. The maximum atomic E-state index is 13.6. The summed E-state index contributed by atoms with van der Waals surface area (Å²) in [6, 6.07) is 9.28. The summed E-state index contributed by atoms with van der Waals surface area (Å²) >= 11 is 5.77. The summed E-state index contributed by atoms with van der Waals surface area (Å²) in [5.74, 6) is -1.30. The van der Waals surface area contributed by atoms with Crippen LogP contribution in [0.5, 0.6) is 0 Å². The molecular formula is C20H18ClFN4O3. The fourth-order valence-corrected chi connectivity index (χ4v) is 3.19. The van der Waals surface area contributed by atoms with Gasteiger partial charge >= 0.3 is 5.97 Å². The first-order valence-corrected chi connectivity index (χ1v) is 9.36. The molecule has 1 fully saturated rings. The quantitative estimate of drug-likeness (QED) is 0.752. The van der Waals surface area contributed by atoms with Gasteiger partial charge < -0.3 is 15.0 Å². The van der Waals surface area contributed by atoms with E-state index in [2.05, 4.69) is 10.3 Å². The molecule has 2 aromatic rings. The Morgan fingerprint density at radius 2 is 2.07 bits per heavy atom. The number of nitriles is 1. The van der Waals surface area contributed by atoms with Crippen molar-refractivity contribution in [1.82, 2.24) is 4.98 Å². The average Bonchev–Trinajstić information content (AvgIpc) is 2.75. The molecule has 29 heavy (non-hydrogen) atoms. The lowest BCUT2D eigenvalue weighted by Crippen LogP contribution is -2.38. The molecule has 1 aromatic heterocycles. The number of nitrogens with one attached hydrogen (secondary N) is 1. The minimum atomic E-state index is -0.640. The number of halogens is 2. The maximum absolute atomic E-state index is 13.6. The van der Waals surface area contributed by atoms with Crippen LogP contribution in [0.15, 0.2) is 36.5 Å². The molecule has 0 atom stereocenters. The molecule has 1 aliphatic heterocycles. The van der Waals surface area contributed by atoms with E-state index in [9.17, 15) is 14.0 Å². The minimum absolute atomic E-state index is 0.0678. The van der Waals surface area contributed by atoms with Gasteiger partial charge in [-0.25, -0.2) is 9.37 Å². The normalized spacial score (nSPS) is 14.2. The smallest absolute Gasteiger partial charge is 0.309 e. The lowest BCUT2D eigenvalue weighted by Gasteiger charge is -2.31. The summed E-state index contributed by atoms with van der Waals surface area (Å²) < 4.78 is 18.7. The molecule has 0 aliphatic carbocycles. The number of esters is 1. The van der Waals surface area contributed by atoms with Crippen LogP contribution in [0, 0.1) is 23.1 Å². The number of aromatic nitrogens is 1. The monoisotopic (exact) mass is 416 g/mol. The Labute approximate surface area is 172 Å². The second-order valence-electron chi connectivity index (χ2n) is 6.56. The van der Waals surface area contributed by atoms with Crippen LogP contribution >= 0.6 is 11.6 Å². The molecule has 0 bridgehead atoms. The summed E-state index contributed by atoms with van der Waals surface area (Å²) in [6.45, 7) is 0.722. The van der Waals surface area contributed by atoms with Crippen LogP contribution in [0.1, 0.15) is 18.4 Å². The standard InChI is InChI=1S/C20H18ClFN4O3/c21-15-2-3-16(22)17(9-15)25-19(27)12-29-20(28)14-5-7-26(8-6-14)18-4-1-13(10-23)11-24-18/h1-4,9,11,14H,5-8,12H2,(H,25,27). The van der Waals surface area contributed by atoms with Crippen LogP contribution < -0.4 is 10.2 Å². The van der Waals surface area contributed by atoms with Gasteiger partial charge in [-0.3, -0.25) is 9.59 Å². The van der Waals surface area contributed by atoms with Crippen LogP contribution in [-0.4, -0.2) is 36.6 Å². The molecule has 2 heterocycles. The largest absolute Gasteiger partial charge is 0.455 e. The highest BCUT2D eigenvalue weighted by Crippen LogP contribution is 2.23. The Morgan fingerprint density at radius 3 is 2.72 bits per heavy atom. The number of hydrogen-bond donors (Lipinski definition) is 1. The van der Waals surface area contributed by atoms with Crippen molar-refractivity contribution in [2.45, 2.75) is 12.8 Å². The van der Waals surface area contributed by atoms with E-state index in [0.717, 1.165) is 11.9 Å². The third-order valence-electron chi connectivity index (χ3n) is 4.58. The predicted octanol–water partition coefficient (Wildman–Crippen LogP) is 3.14. The molecular weight excluding hydrogens is 399 g/mol. The zero-order valence-corrected chi connectivity index (χ0v) is 16.2. The van der Waals surface area contributed by atoms with Crippen molar-refractivity contribution in [2.24, 2.45) is 5.92 Å². The Hall–Kier alpha value is -3.18. The molecule has 9 heteroatoms. The average molecular weight is 417 g/mol. The molecule has 150 valence electrons. The lowest BCUT2D eigenvalue weighted by molar-refractivity contribution is -0.152. The highest BCUT2D eigenvalue weighted by atomic mass is 35.5. The van der Waals surface area contributed by atoms with Crippen LogP contribution in [0.4, 0.5) is 15.9 Å². The van der Waals surface area contributed by atoms with Gasteiger partial charge in [-0.2, -0.15) is 5.26 Å². The molecule has 7 nitrogen and oxygen atoms in total. The van der Waals surface area contributed by atoms with Crippen molar-refractivity contribution >= 4 is 35.0 Å². The van der Waals surface area contributed by atoms with Gasteiger partial charge in [0, 0.05) is 24.3 Å². The van der Waals surface area contributed by atoms with Crippen molar-refractivity contribution in [2.75, 3.05) is 29.9 Å². The summed E-state index contributed by atoms with van der Waals surface area (Å²) in [7, 11) is 0. The van der Waals surface area contributed by atoms with E-state index < -0.39 is 24.3 Å². The molecule has 1 saturated heterocycles. The van der Waals surface area contributed by atoms with Crippen LogP contribution in [0.3, 0.4) is 0 Å². The number of carbonyl (C=O) groups excluding carboxylic acids is 2. The van der Waals surface area contributed by atoms with Crippen molar-refractivity contribution in [1.29, 1.82) is 5.26 Å². The van der Waals surface area contributed by atoms with E-state index in [0.29, 0.717) is 31.5 Å². The predicted molar refractivity (Wildman–Crippen MR) is 105 cm³/mol. The van der Waals surface area contributed by atoms with Gasteiger partial charge in [0.15, 0.2) is 6.61 Å². The number of nitrogens with zero attached hydrogens (tertiary/aromatic N) is 3. The van der Waals surface area contributed by atoms with Gasteiger partial charge in [0.2, 0.25) is 0 Å². The van der Waals surface area contributed by atoms with E-state index in [1.54, 1.807) is 12.1 Å². The van der Waals surface area contributed by atoms with E-state index in [1.165, 1.54) is 18.3 Å². The van der Waals surface area contributed by atoms with Crippen molar-refractivity contribution in [3.05, 3.63) is 52.9 Å². The molecule has 0 radical (unpaired) electrons. The van der Waals surface area contributed by atoms with Crippen molar-refractivity contribution in [3.8, 4) is 6.07 Å². The Balaban J connectivity index is 1.45. The number of benzene rings is 1. The number of hydrogen-bond acceptors (Lipinski definition) is 6. The van der Waals surface area contributed by atoms with Crippen molar-refractivity contribution in [3.63, 3.8) is 0 Å². The highest BCUT2D eigenvalue weighted by molar-refractivity contribution is 6.30. The fraction of sp³-hybridized carbons (Fsp3) is 0.300. The first kappa shape index (κ1) is 20.6. The van der Waals surface area contributed by atoms with E-state index in [4.69, 9.17) is 21.6 Å². The number of amides is 1. The summed E-state index contributed by atoms with van der Waals surface area (Å²) in [6.07, 6.45) is 2.63. The highest BCUT2D eigenvalue weighted by Gasteiger charge is 2.27. The molecule has 1 aromatic carbocycles. The molecule has 0 unspecified atom stereocenters. The molecule has 0 saturated carbocycles. The number of ether oxygens (including phenoxy) is 1. The minimum Gasteiger partial charge on any atom is -0.455 e. The number of carbonyl (C=O) groups is 2. The number of pyridine rings is 1. The van der Waals surface area contributed by atoms with Gasteiger partial charge in [-0.15, -0.1) is 0 Å². The third-order valence-corrected chi connectivity index (χ3v) is 4.81. The van der Waals surface area contributed by atoms with Crippen LogP contribution in [0.2, 0.25) is 5.02 Å². The van der Waals surface area contributed by atoms with Gasteiger partial charge in [0.05, 0.1) is 17.2 Å².